The maximum atomic E-state index is 13.4. The summed E-state index contributed by atoms with van der Waals surface area (Å²) in [5.74, 6) is 1.66. The van der Waals surface area contributed by atoms with Gasteiger partial charge in [0.15, 0.2) is 0 Å². The van der Waals surface area contributed by atoms with Crippen molar-refractivity contribution in [3.8, 4) is 11.4 Å². The molecule has 0 fully saturated rings. The zero-order valence-corrected chi connectivity index (χ0v) is 17.4. The van der Waals surface area contributed by atoms with E-state index in [1.54, 1.807) is 17.7 Å². The second-order valence-electron chi connectivity index (χ2n) is 7.45. The molecule has 1 heterocycles. The molecule has 4 aromatic rings. The lowest BCUT2D eigenvalue weighted by Crippen LogP contribution is -2.22. The van der Waals surface area contributed by atoms with Crippen LogP contribution in [0.25, 0.3) is 28.7 Å². The van der Waals surface area contributed by atoms with Gasteiger partial charge in [0.05, 0.1) is 23.7 Å². The largest absolute Gasteiger partial charge is 0.495 e. The van der Waals surface area contributed by atoms with Crippen LogP contribution in [0, 0.1) is 0 Å². The first-order chi connectivity index (χ1) is 14.6. The fourth-order valence-electron chi connectivity index (χ4n) is 3.47. The van der Waals surface area contributed by atoms with Crippen molar-refractivity contribution in [1.29, 1.82) is 0 Å². The predicted octanol–water partition coefficient (Wildman–Crippen LogP) is 5.69. The van der Waals surface area contributed by atoms with E-state index in [0.717, 1.165) is 5.56 Å². The van der Waals surface area contributed by atoms with E-state index in [9.17, 15) is 4.79 Å². The van der Waals surface area contributed by atoms with Crippen molar-refractivity contribution in [3.63, 3.8) is 0 Å². The summed E-state index contributed by atoms with van der Waals surface area (Å²) in [6, 6.07) is 23.3. The molecule has 0 unspecified atom stereocenters. The minimum Gasteiger partial charge on any atom is -0.495 e. The summed E-state index contributed by atoms with van der Waals surface area (Å²) in [6.45, 7) is 4.35. The second kappa shape index (κ2) is 8.37. The summed E-state index contributed by atoms with van der Waals surface area (Å²) in [7, 11) is 1.60. The van der Waals surface area contributed by atoms with Gasteiger partial charge in [-0.1, -0.05) is 68.5 Å². The molecule has 0 aliphatic rings. The highest BCUT2D eigenvalue weighted by Gasteiger charge is 2.14. The lowest BCUT2D eigenvalue weighted by molar-refractivity contribution is 0.412. The molecule has 0 aliphatic heterocycles. The van der Waals surface area contributed by atoms with Gasteiger partial charge in [0.2, 0.25) is 0 Å². The van der Waals surface area contributed by atoms with E-state index in [1.165, 1.54) is 5.56 Å². The highest BCUT2D eigenvalue weighted by atomic mass is 16.5. The van der Waals surface area contributed by atoms with E-state index in [4.69, 9.17) is 9.72 Å². The van der Waals surface area contributed by atoms with Gasteiger partial charge in [-0.05, 0) is 47.4 Å². The van der Waals surface area contributed by atoms with E-state index in [-0.39, 0.29) is 5.56 Å². The summed E-state index contributed by atoms with van der Waals surface area (Å²) in [6.07, 6.45) is 3.86. The third kappa shape index (κ3) is 3.77. The SMILES string of the molecule is COc1ccccc1-n1c(C=Cc2ccc(C(C)C)cc2)nc2ccccc2c1=O. The third-order valence-corrected chi connectivity index (χ3v) is 5.16. The summed E-state index contributed by atoms with van der Waals surface area (Å²) in [4.78, 5) is 18.2. The van der Waals surface area contributed by atoms with Crippen LogP contribution in [0.1, 0.15) is 36.7 Å². The number of rotatable bonds is 5. The monoisotopic (exact) mass is 396 g/mol. The van der Waals surface area contributed by atoms with Crippen molar-refractivity contribution in [2.24, 2.45) is 0 Å². The lowest BCUT2D eigenvalue weighted by Gasteiger charge is -2.14. The third-order valence-electron chi connectivity index (χ3n) is 5.16. The number of nitrogens with zero attached hydrogens (tertiary/aromatic N) is 2. The molecule has 0 amide bonds. The zero-order chi connectivity index (χ0) is 21.1. The number of para-hydroxylation sites is 3. The van der Waals surface area contributed by atoms with Crippen molar-refractivity contribution in [2.45, 2.75) is 19.8 Å². The van der Waals surface area contributed by atoms with E-state index in [2.05, 4.69) is 38.1 Å². The Labute approximate surface area is 176 Å². The van der Waals surface area contributed by atoms with Gasteiger partial charge >= 0.3 is 0 Å². The molecule has 30 heavy (non-hydrogen) atoms. The summed E-state index contributed by atoms with van der Waals surface area (Å²) in [5.41, 5.74) is 3.55. The molecule has 0 N–H and O–H groups in total. The van der Waals surface area contributed by atoms with Crippen LogP contribution in [-0.4, -0.2) is 16.7 Å². The molecule has 0 aliphatic carbocycles. The van der Waals surface area contributed by atoms with Crippen molar-refractivity contribution in [3.05, 3.63) is 100 Å². The van der Waals surface area contributed by atoms with Gasteiger partial charge in [0.1, 0.15) is 11.6 Å². The number of ether oxygens (including phenoxy) is 1. The van der Waals surface area contributed by atoms with E-state index in [0.29, 0.717) is 34.1 Å². The number of aromatic nitrogens is 2. The topological polar surface area (TPSA) is 44.1 Å². The van der Waals surface area contributed by atoms with Crippen LogP contribution in [0.3, 0.4) is 0 Å². The number of methoxy groups -OCH3 is 1. The fraction of sp³-hybridized carbons (Fsp3) is 0.154. The Balaban J connectivity index is 1.89. The van der Waals surface area contributed by atoms with Gasteiger partial charge in [-0.15, -0.1) is 0 Å². The molecule has 4 rings (SSSR count). The van der Waals surface area contributed by atoms with Crippen molar-refractivity contribution in [1.82, 2.24) is 9.55 Å². The molecule has 4 nitrogen and oxygen atoms in total. The molecule has 150 valence electrons. The van der Waals surface area contributed by atoms with Crippen LogP contribution >= 0.6 is 0 Å². The molecule has 0 saturated heterocycles. The van der Waals surface area contributed by atoms with E-state index < -0.39 is 0 Å². The van der Waals surface area contributed by atoms with Crippen LogP contribution in [0.5, 0.6) is 5.75 Å². The standard InChI is InChI=1S/C26H24N2O2/c1-18(2)20-15-12-19(13-16-20)14-17-25-27-22-9-5-4-8-21(22)26(29)28(25)23-10-6-7-11-24(23)30-3/h4-18H,1-3H3. The fourth-order valence-corrected chi connectivity index (χ4v) is 3.47. The second-order valence-corrected chi connectivity index (χ2v) is 7.45. The first kappa shape index (κ1) is 19.6. The molecular formula is C26H24N2O2. The number of hydrogen-bond donors (Lipinski definition) is 0. The van der Waals surface area contributed by atoms with Gasteiger partial charge in [-0.2, -0.15) is 0 Å². The Morgan fingerprint density at radius 3 is 2.33 bits per heavy atom. The maximum absolute atomic E-state index is 13.4. The van der Waals surface area contributed by atoms with Crippen LogP contribution < -0.4 is 10.3 Å². The highest BCUT2D eigenvalue weighted by molar-refractivity contribution is 5.80. The minimum absolute atomic E-state index is 0.125. The van der Waals surface area contributed by atoms with Crippen molar-refractivity contribution < 1.29 is 4.74 Å². The Morgan fingerprint density at radius 1 is 0.900 bits per heavy atom. The molecule has 0 radical (unpaired) electrons. The minimum atomic E-state index is -0.125. The molecule has 0 saturated carbocycles. The number of hydrogen-bond acceptors (Lipinski definition) is 3. The van der Waals surface area contributed by atoms with Gasteiger partial charge in [-0.3, -0.25) is 9.36 Å². The zero-order valence-electron chi connectivity index (χ0n) is 17.4. The molecule has 3 aromatic carbocycles. The average molecular weight is 396 g/mol. The number of benzene rings is 3. The lowest BCUT2D eigenvalue weighted by atomic mass is 10.0. The van der Waals surface area contributed by atoms with Gasteiger partial charge < -0.3 is 4.74 Å². The van der Waals surface area contributed by atoms with E-state index >= 15 is 0 Å². The summed E-state index contributed by atoms with van der Waals surface area (Å²) >= 11 is 0. The maximum Gasteiger partial charge on any atom is 0.266 e. The molecule has 0 atom stereocenters. The van der Waals surface area contributed by atoms with Crippen LogP contribution in [0.2, 0.25) is 0 Å². The Morgan fingerprint density at radius 2 is 1.60 bits per heavy atom. The Hall–Kier alpha value is -3.66. The van der Waals surface area contributed by atoms with E-state index in [1.807, 2.05) is 54.6 Å². The van der Waals surface area contributed by atoms with Crippen molar-refractivity contribution in [2.75, 3.05) is 7.11 Å². The van der Waals surface area contributed by atoms with Gasteiger partial charge in [0, 0.05) is 0 Å². The first-order valence-electron chi connectivity index (χ1n) is 10.0. The molecular weight excluding hydrogens is 372 g/mol. The molecule has 0 spiro atoms. The quantitative estimate of drug-likeness (QED) is 0.435. The Bertz CT molecular complexity index is 1270. The van der Waals surface area contributed by atoms with Crippen LogP contribution in [-0.2, 0) is 0 Å². The predicted molar refractivity (Wildman–Crippen MR) is 123 cm³/mol. The van der Waals surface area contributed by atoms with Crippen LogP contribution in [0.4, 0.5) is 0 Å². The smallest absolute Gasteiger partial charge is 0.266 e. The molecule has 0 bridgehead atoms. The normalized spacial score (nSPS) is 11.5. The Kier molecular flexibility index (Phi) is 5.48. The van der Waals surface area contributed by atoms with Gasteiger partial charge in [-0.25, -0.2) is 4.98 Å². The molecule has 4 heteroatoms. The summed E-state index contributed by atoms with van der Waals surface area (Å²) in [5, 5.41) is 0.571. The first-order valence-corrected chi connectivity index (χ1v) is 10.0. The number of fused-ring (bicyclic) bond motifs is 1. The van der Waals surface area contributed by atoms with Crippen molar-refractivity contribution >= 4 is 23.1 Å². The van der Waals surface area contributed by atoms with Crippen LogP contribution in [0.15, 0.2) is 77.6 Å². The molecule has 1 aromatic heterocycles. The highest BCUT2D eigenvalue weighted by Crippen LogP contribution is 2.24. The summed E-state index contributed by atoms with van der Waals surface area (Å²) < 4.78 is 7.12. The van der Waals surface area contributed by atoms with Gasteiger partial charge in [0.25, 0.3) is 5.56 Å². The average Bonchev–Trinajstić information content (AvgIpc) is 2.78.